The predicted molar refractivity (Wildman–Crippen MR) is 89.3 cm³/mol. The smallest absolute Gasteiger partial charge is 0.0342 e. The van der Waals surface area contributed by atoms with Crippen LogP contribution in [0, 0.1) is 11.3 Å². The van der Waals surface area contributed by atoms with Crippen molar-refractivity contribution < 1.29 is 0 Å². The van der Waals surface area contributed by atoms with Crippen LogP contribution in [-0.4, -0.2) is 6.04 Å². The molecule has 1 aromatic rings. The van der Waals surface area contributed by atoms with Gasteiger partial charge in [-0.05, 0) is 61.1 Å². The molecule has 0 radical (unpaired) electrons. The Balaban J connectivity index is 1.92. The molecule has 20 heavy (non-hydrogen) atoms. The number of unbranched alkanes of at least 4 members (excludes halogenated alkanes) is 1. The molecule has 2 unspecified atom stereocenters. The zero-order valence-corrected chi connectivity index (χ0v) is 13.7. The monoisotopic (exact) mass is 273 g/mol. The SMILES string of the molecule is CCCCc1ccc(NC2CC(C)CC(C)(C)C2)cc1. The Morgan fingerprint density at radius 1 is 1.15 bits per heavy atom. The Labute approximate surface area is 125 Å². The maximum atomic E-state index is 3.75. The minimum Gasteiger partial charge on any atom is -0.382 e. The van der Waals surface area contributed by atoms with Crippen LogP contribution < -0.4 is 5.32 Å². The Morgan fingerprint density at radius 3 is 2.45 bits per heavy atom. The highest BCUT2D eigenvalue weighted by atomic mass is 14.9. The second-order valence-electron chi connectivity index (χ2n) is 7.56. The Morgan fingerprint density at radius 2 is 1.85 bits per heavy atom. The van der Waals surface area contributed by atoms with Crippen molar-refractivity contribution in [2.45, 2.75) is 72.3 Å². The maximum Gasteiger partial charge on any atom is 0.0342 e. The molecule has 0 spiro atoms. The first-order valence-electron chi connectivity index (χ1n) is 8.34. The van der Waals surface area contributed by atoms with Gasteiger partial charge in [0.25, 0.3) is 0 Å². The van der Waals surface area contributed by atoms with Crippen molar-refractivity contribution in [1.82, 2.24) is 0 Å². The van der Waals surface area contributed by atoms with Gasteiger partial charge in [0, 0.05) is 11.7 Å². The highest BCUT2D eigenvalue weighted by Crippen LogP contribution is 2.39. The van der Waals surface area contributed by atoms with Crippen LogP contribution in [0.4, 0.5) is 5.69 Å². The van der Waals surface area contributed by atoms with Crippen molar-refractivity contribution in [2.24, 2.45) is 11.3 Å². The molecule has 112 valence electrons. The van der Waals surface area contributed by atoms with Gasteiger partial charge in [-0.15, -0.1) is 0 Å². The van der Waals surface area contributed by atoms with Crippen LogP contribution >= 0.6 is 0 Å². The van der Waals surface area contributed by atoms with Crippen LogP contribution in [0.15, 0.2) is 24.3 Å². The summed E-state index contributed by atoms with van der Waals surface area (Å²) < 4.78 is 0. The third-order valence-corrected chi connectivity index (χ3v) is 4.53. The van der Waals surface area contributed by atoms with Crippen LogP contribution in [0.25, 0.3) is 0 Å². The molecular formula is C19H31N. The molecule has 0 heterocycles. The van der Waals surface area contributed by atoms with E-state index in [4.69, 9.17) is 0 Å². The molecule has 1 nitrogen and oxygen atoms in total. The van der Waals surface area contributed by atoms with Crippen LogP contribution in [0.5, 0.6) is 0 Å². The number of benzene rings is 1. The molecular weight excluding hydrogens is 242 g/mol. The topological polar surface area (TPSA) is 12.0 Å². The molecule has 0 amide bonds. The number of rotatable bonds is 5. The Hall–Kier alpha value is -0.980. The number of aryl methyl sites for hydroxylation is 1. The standard InChI is InChI=1S/C19H31N/c1-5-6-7-16-8-10-17(11-9-16)20-18-12-15(2)13-19(3,4)14-18/h8-11,15,18,20H,5-7,12-14H2,1-4H3. The fourth-order valence-electron chi connectivity index (χ4n) is 3.84. The first-order valence-corrected chi connectivity index (χ1v) is 8.34. The first kappa shape index (κ1) is 15.4. The number of anilines is 1. The zero-order chi connectivity index (χ0) is 14.6. The molecule has 1 fully saturated rings. The second-order valence-corrected chi connectivity index (χ2v) is 7.56. The molecule has 2 atom stereocenters. The van der Waals surface area contributed by atoms with Gasteiger partial charge < -0.3 is 5.32 Å². The van der Waals surface area contributed by atoms with E-state index in [2.05, 4.69) is 57.3 Å². The van der Waals surface area contributed by atoms with Crippen molar-refractivity contribution in [3.8, 4) is 0 Å². The van der Waals surface area contributed by atoms with Crippen LogP contribution in [0.1, 0.15) is 65.4 Å². The lowest BCUT2D eigenvalue weighted by Crippen LogP contribution is -2.35. The molecule has 1 aliphatic carbocycles. The summed E-state index contributed by atoms with van der Waals surface area (Å²) in [5.74, 6) is 0.833. The van der Waals surface area contributed by atoms with Gasteiger partial charge in [-0.3, -0.25) is 0 Å². The summed E-state index contributed by atoms with van der Waals surface area (Å²) in [7, 11) is 0. The molecule has 0 aromatic heterocycles. The van der Waals surface area contributed by atoms with E-state index in [-0.39, 0.29) is 0 Å². The van der Waals surface area contributed by atoms with Crippen molar-refractivity contribution in [3.63, 3.8) is 0 Å². The fourth-order valence-corrected chi connectivity index (χ4v) is 3.84. The average molecular weight is 273 g/mol. The molecule has 1 aliphatic rings. The van der Waals surface area contributed by atoms with Gasteiger partial charge in [-0.2, -0.15) is 0 Å². The summed E-state index contributed by atoms with van der Waals surface area (Å²) in [6, 6.07) is 9.73. The third-order valence-electron chi connectivity index (χ3n) is 4.53. The van der Waals surface area contributed by atoms with E-state index < -0.39 is 0 Å². The number of nitrogens with one attached hydrogen (secondary N) is 1. The second kappa shape index (κ2) is 6.65. The molecule has 0 saturated heterocycles. The summed E-state index contributed by atoms with van der Waals surface area (Å²) in [6.45, 7) is 9.46. The largest absolute Gasteiger partial charge is 0.382 e. The lowest BCUT2D eigenvalue weighted by Gasteiger charge is -2.39. The minimum absolute atomic E-state index is 0.483. The normalized spacial score (nSPS) is 25.4. The fraction of sp³-hybridized carbons (Fsp3) is 0.684. The van der Waals surface area contributed by atoms with Crippen LogP contribution in [0.2, 0.25) is 0 Å². The van der Waals surface area contributed by atoms with E-state index in [0.717, 1.165) is 5.92 Å². The quantitative estimate of drug-likeness (QED) is 0.730. The van der Waals surface area contributed by atoms with E-state index in [0.29, 0.717) is 11.5 Å². The van der Waals surface area contributed by atoms with Crippen molar-refractivity contribution in [1.29, 1.82) is 0 Å². The summed E-state index contributed by atoms with van der Waals surface area (Å²) >= 11 is 0. The van der Waals surface area contributed by atoms with Crippen LogP contribution in [-0.2, 0) is 6.42 Å². The van der Waals surface area contributed by atoms with Gasteiger partial charge in [0.1, 0.15) is 0 Å². The van der Waals surface area contributed by atoms with E-state index in [9.17, 15) is 0 Å². The van der Waals surface area contributed by atoms with E-state index in [1.807, 2.05) is 0 Å². The van der Waals surface area contributed by atoms with E-state index >= 15 is 0 Å². The minimum atomic E-state index is 0.483. The molecule has 2 rings (SSSR count). The highest BCUT2D eigenvalue weighted by molar-refractivity contribution is 5.45. The predicted octanol–water partition coefficient (Wildman–Crippen LogP) is 5.66. The highest BCUT2D eigenvalue weighted by Gasteiger charge is 2.31. The molecule has 0 aliphatic heterocycles. The Kier molecular flexibility index (Phi) is 5.12. The van der Waals surface area contributed by atoms with E-state index in [1.165, 1.54) is 49.8 Å². The van der Waals surface area contributed by atoms with Gasteiger partial charge in [-0.25, -0.2) is 0 Å². The van der Waals surface area contributed by atoms with Crippen LogP contribution in [0.3, 0.4) is 0 Å². The maximum absolute atomic E-state index is 3.75. The lowest BCUT2D eigenvalue weighted by molar-refractivity contribution is 0.178. The van der Waals surface area contributed by atoms with E-state index in [1.54, 1.807) is 0 Å². The summed E-state index contributed by atoms with van der Waals surface area (Å²) in [4.78, 5) is 0. The van der Waals surface area contributed by atoms with Gasteiger partial charge in [-0.1, -0.05) is 46.2 Å². The molecule has 0 bridgehead atoms. The van der Waals surface area contributed by atoms with Gasteiger partial charge in [0.2, 0.25) is 0 Å². The summed E-state index contributed by atoms with van der Waals surface area (Å²) in [6.07, 6.45) is 7.73. The Bertz CT molecular complexity index is 404. The molecule has 1 aromatic carbocycles. The lowest BCUT2D eigenvalue weighted by atomic mass is 9.70. The molecule has 1 heteroatoms. The van der Waals surface area contributed by atoms with Gasteiger partial charge in [0.05, 0.1) is 0 Å². The van der Waals surface area contributed by atoms with Gasteiger partial charge in [0.15, 0.2) is 0 Å². The summed E-state index contributed by atoms with van der Waals surface area (Å²) in [5.41, 5.74) is 3.24. The molecule has 1 saturated carbocycles. The average Bonchev–Trinajstić information content (AvgIpc) is 2.35. The molecule has 1 N–H and O–H groups in total. The first-order chi connectivity index (χ1) is 9.48. The number of hydrogen-bond donors (Lipinski definition) is 1. The zero-order valence-electron chi connectivity index (χ0n) is 13.7. The van der Waals surface area contributed by atoms with Crippen molar-refractivity contribution in [3.05, 3.63) is 29.8 Å². The van der Waals surface area contributed by atoms with Gasteiger partial charge >= 0.3 is 0 Å². The van der Waals surface area contributed by atoms with Crippen molar-refractivity contribution >= 4 is 5.69 Å². The van der Waals surface area contributed by atoms with Crippen molar-refractivity contribution in [2.75, 3.05) is 5.32 Å². The number of hydrogen-bond acceptors (Lipinski definition) is 1. The third kappa shape index (κ3) is 4.54. The summed E-state index contributed by atoms with van der Waals surface area (Å²) in [5, 5.41) is 3.75.